The first-order valence-electron chi connectivity index (χ1n) is 8.55. The van der Waals surface area contributed by atoms with Crippen molar-refractivity contribution in [3.63, 3.8) is 0 Å². The van der Waals surface area contributed by atoms with Gasteiger partial charge in [0.15, 0.2) is 5.13 Å². The number of rotatable bonds is 8. The monoisotopic (exact) mass is 365 g/mol. The molecule has 0 aliphatic heterocycles. The van der Waals surface area contributed by atoms with Crippen LogP contribution < -0.4 is 5.32 Å². The molecule has 0 radical (unpaired) electrons. The van der Waals surface area contributed by atoms with Gasteiger partial charge in [0.25, 0.3) is 0 Å². The van der Waals surface area contributed by atoms with Crippen molar-refractivity contribution in [1.29, 1.82) is 0 Å². The molecule has 3 rings (SSSR count). The smallest absolute Gasteiger partial charge is 0.226 e. The van der Waals surface area contributed by atoms with Crippen LogP contribution in [0.3, 0.4) is 0 Å². The summed E-state index contributed by atoms with van der Waals surface area (Å²) in [5.41, 5.74) is 0. The number of nitrogens with zero attached hydrogens (tertiary/aromatic N) is 2. The minimum atomic E-state index is 0.0769. The van der Waals surface area contributed by atoms with E-state index in [-0.39, 0.29) is 5.91 Å². The van der Waals surface area contributed by atoms with Crippen LogP contribution in [-0.2, 0) is 17.0 Å². The van der Waals surface area contributed by atoms with Crippen molar-refractivity contribution in [1.82, 2.24) is 9.97 Å². The fourth-order valence-corrected chi connectivity index (χ4v) is 4.65. The number of carbonyl (C=O) groups is 1. The summed E-state index contributed by atoms with van der Waals surface area (Å²) in [6.45, 7) is 2.04. The molecule has 130 valence electrons. The topological polar surface area (TPSA) is 68.0 Å². The Hall–Kier alpha value is -1.34. The number of oxazole rings is 1. The van der Waals surface area contributed by atoms with E-state index in [1.807, 2.05) is 6.92 Å². The van der Waals surface area contributed by atoms with Crippen LogP contribution in [0.15, 0.2) is 21.0 Å². The summed E-state index contributed by atoms with van der Waals surface area (Å²) in [5, 5.41) is 3.59. The Labute approximate surface area is 150 Å². The van der Waals surface area contributed by atoms with Gasteiger partial charge in [0.05, 0.1) is 22.4 Å². The lowest BCUT2D eigenvalue weighted by Crippen LogP contribution is -2.12. The molecule has 1 N–H and O–H groups in total. The molecule has 0 atom stereocenters. The predicted octanol–water partition coefficient (Wildman–Crippen LogP) is 4.89. The van der Waals surface area contributed by atoms with E-state index in [2.05, 4.69) is 15.3 Å². The van der Waals surface area contributed by atoms with Gasteiger partial charge in [-0.25, -0.2) is 9.97 Å². The second-order valence-corrected chi connectivity index (χ2v) is 8.39. The Morgan fingerprint density at radius 2 is 2.21 bits per heavy atom. The molecule has 2 aromatic heterocycles. The summed E-state index contributed by atoms with van der Waals surface area (Å²) in [6.07, 6.45) is 11.2. The van der Waals surface area contributed by atoms with Crippen molar-refractivity contribution < 1.29 is 9.21 Å². The van der Waals surface area contributed by atoms with Crippen LogP contribution in [0, 0.1) is 5.92 Å². The second-order valence-electron chi connectivity index (χ2n) is 6.08. The minimum absolute atomic E-state index is 0.0769. The first-order valence-corrected chi connectivity index (χ1v) is 10.3. The van der Waals surface area contributed by atoms with Gasteiger partial charge in [-0.3, -0.25) is 4.79 Å². The molecule has 1 fully saturated rings. The van der Waals surface area contributed by atoms with E-state index in [1.165, 1.54) is 37.0 Å². The number of thioether (sulfide) groups is 1. The molecule has 7 heteroatoms. The summed E-state index contributed by atoms with van der Waals surface area (Å²) >= 11 is 3.13. The largest absolute Gasteiger partial charge is 0.445 e. The van der Waals surface area contributed by atoms with Crippen LogP contribution in [0.25, 0.3) is 0 Å². The number of thiazole rings is 1. The van der Waals surface area contributed by atoms with Crippen LogP contribution in [0.4, 0.5) is 5.13 Å². The normalized spacial score (nSPS) is 15.0. The molecular formula is C17H23N3O2S2. The maximum atomic E-state index is 12.0. The quantitative estimate of drug-likeness (QED) is 0.674. The highest BCUT2D eigenvalue weighted by Gasteiger charge is 2.16. The van der Waals surface area contributed by atoms with Gasteiger partial charge in [0, 0.05) is 12.8 Å². The number of aryl methyl sites for hydroxylation is 1. The highest BCUT2D eigenvalue weighted by molar-refractivity contribution is 8.00. The third-order valence-electron chi connectivity index (χ3n) is 4.27. The van der Waals surface area contributed by atoms with E-state index in [0.717, 1.165) is 34.6 Å². The third-order valence-corrected chi connectivity index (χ3v) is 6.37. The van der Waals surface area contributed by atoms with E-state index in [1.54, 1.807) is 24.2 Å². The summed E-state index contributed by atoms with van der Waals surface area (Å²) in [6, 6.07) is 0. The van der Waals surface area contributed by atoms with Gasteiger partial charge in [0.1, 0.15) is 5.76 Å². The Kier molecular flexibility index (Phi) is 6.31. The highest BCUT2D eigenvalue weighted by Crippen LogP contribution is 2.31. The number of aromatic nitrogens is 2. The maximum absolute atomic E-state index is 12.0. The molecule has 1 amide bonds. The maximum Gasteiger partial charge on any atom is 0.226 e. The van der Waals surface area contributed by atoms with Crippen molar-refractivity contribution in [2.75, 3.05) is 5.32 Å². The Morgan fingerprint density at radius 1 is 1.38 bits per heavy atom. The molecule has 5 nitrogen and oxygen atoms in total. The number of carbonyl (C=O) groups excluding carboxylic acids is 1. The number of amides is 1. The standard InChI is InChI=1S/C17H23N3O2S2/c1-2-13-9-18-15(22-13)11-23-16-10-19-17(24-16)20-14(21)8-7-12-5-3-4-6-12/h9-10,12H,2-8,11H2,1H3,(H,19,20,21). The number of nitrogens with one attached hydrogen (secondary N) is 1. The van der Waals surface area contributed by atoms with Crippen LogP contribution in [0.5, 0.6) is 0 Å². The Balaban J connectivity index is 1.41. The van der Waals surface area contributed by atoms with Crippen molar-refractivity contribution in [2.24, 2.45) is 5.92 Å². The fraction of sp³-hybridized carbons (Fsp3) is 0.588. The van der Waals surface area contributed by atoms with Crippen molar-refractivity contribution >= 4 is 34.1 Å². The van der Waals surface area contributed by atoms with E-state index in [0.29, 0.717) is 17.3 Å². The average molecular weight is 366 g/mol. The molecule has 2 aromatic rings. The molecule has 2 heterocycles. The van der Waals surface area contributed by atoms with Crippen LogP contribution in [-0.4, -0.2) is 15.9 Å². The van der Waals surface area contributed by atoms with E-state index in [9.17, 15) is 4.79 Å². The van der Waals surface area contributed by atoms with E-state index >= 15 is 0 Å². The number of anilines is 1. The van der Waals surface area contributed by atoms with Gasteiger partial charge in [-0.15, -0.1) is 11.8 Å². The first-order chi connectivity index (χ1) is 11.7. The molecule has 0 unspecified atom stereocenters. The summed E-state index contributed by atoms with van der Waals surface area (Å²) in [4.78, 5) is 20.5. The fourth-order valence-electron chi connectivity index (χ4n) is 2.91. The van der Waals surface area contributed by atoms with Crippen LogP contribution >= 0.6 is 23.1 Å². The molecule has 0 bridgehead atoms. The highest BCUT2D eigenvalue weighted by atomic mass is 32.2. The van der Waals surface area contributed by atoms with Crippen molar-refractivity contribution in [3.8, 4) is 0 Å². The number of hydrogen-bond acceptors (Lipinski definition) is 6. The summed E-state index contributed by atoms with van der Waals surface area (Å²) in [5.74, 6) is 3.13. The van der Waals surface area contributed by atoms with E-state index in [4.69, 9.17) is 4.42 Å². The SMILES string of the molecule is CCc1cnc(CSc2cnc(NC(=O)CCC3CCCC3)s2)o1. The van der Waals surface area contributed by atoms with Crippen LogP contribution in [0.2, 0.25) is 0 Å². The Bertz CT molecular complexity index is 662. The lowest BCUT2D eigenvalue weighted by Gasteiger charge is -2.07. The van der Waals surface area contributed by atoms with Gasteiger partial charge >= 0.3 is 0 Å². The van der Waals surface area contributed by atoms with Crippen molar-refractivity contribution in [2.45, 2.75) is 61.8 Å². The molecular weight excluding hydrogens is 342 g/mol. The lowest BCUT2D eigenvalue weighted by atomic mass is 10.0. The molecule has 0 saturated heterocycles. The van der Waals surface area contributed by atoms with Crippen LogP contribution in [0.1, 0.15) is 57.1 Å². The molecule has 1 aliphatic carbocycles. The first kappa shape index (κ1) is 17.5. The van der Waals surface area contributed by atoms with Crippen molar-refractivity contribution in [3.05, 3.63) is 24.0 Å². The zero-order valence-electron chi connectivity index (χ0n) is 13.9. The molecule has 0 spiro atoms. The number of hydrogen-bond donors (Lipinski definition) is 1. The third kappa shape index (κ3) is 5.08. The van der Waals surface area contributed by atoms with Gasteiger partial charge in [-0.1, -0.05) is 43.9 Å². The predicted molar refractivity (Wildman–Crippen MR) is 97.4 cm³/mol. The van der Waals surface area contributed by atoms with Gasteiger partial charge in [-0.05, 0) is 12.3 Å². The average Bonchev–Trinajstić information content (AvgIpc) is 3.32. The van der Waals surface area contributed by atoms with Gasteiger partial charge < -0.3 is 9.73 Å². The zero-order valence-corrected chi connectivity index (χ0v) is 15.5. The molecule has 24 heavy (non-hydrogen) atoms. The lowest BCUT2D eigenvalue weighted by molar-refractivity contribution is -0.116. The molecule has 1 aliphatic rings. The molecule has 0 aromatic carbocycles. The minimum Gasteiger partial charge on any atom is -0.445 e. The second kappa shape index (κ2) is 8.67. The van der Waals surface area contributed by atoms with Gasteiger partial charge in [-0.2, -0.15) is 0 Å². The Morgan fingerprint density at radius 3 is 2.96 bits per heavy atom. The molecule has 1 saturated carbocycles. The van der Waals surface area contributed by atoms with Gasteiger partial charge in [0.2, 0.25) is 11.8 Å². The zero-order chi connectivity index (χ0) is 16.8. The van der Waals surface area contributed by atoms with E-state index < -0.39 is 0 Å². The summed E-state index contributed by atoms with van der Waals surface area (Å²) in [7, 11) is 0. The summed E-state index contributed by atoms with van der Waals surface area (Å²) < 4.78 is 6.64.